The van der Waals surface area contributed by atoms with Crippen LogP contribution in [-0.4, -0.2) is 11.3 Å². The van der Waals surface area contributed by atoms with Gasteiger partial charge in [-0.15, -0.1) is 13.2 Å². The van der Waals surface area contributed by atoms with Gasteiger partial charge in [0.05, 0.1) is 12.5 Å². The molecule has 7 heteroatoms. The molecule has 0 aliphatic carbocycles. The van der Waals surface area contributed by atoms with Gasteiger partial charge in [0.15, 0.2) is 0 Å². The smallest absolute Gasteiger partial charge is 0.388 e. The lowest BCUT2D eigenvalue weighted by Gasteiger charge is -2.08. The Bertz CT molecular complexity index is 397. The van der Waals surface area contributed by atoms with Crippen LogP contribution in [0.1, 0.15) is 5.56 Å². The molecule has 0 N–H and O–H groups in total. The number of hydrogen-bond acceptors (Lipinski definition) is 3. The Hall–Kier alpha value is -1.84. The Morgan fingerprint density at radius 2 is 2.07 bits per heavy atom. The van der Waals surface area contributed by atoms with Gasteiger partial charge in [0.1, 0.15) is 0 Å². The van der Waals surface area contributed by atoms with Crippen molar-refractivity contribution in [1.82, 2.24) is 4.98 Å². The molecule has 0 bridgehead atoms. The highest BCUT2D eigenvalue weighted by molar-refractivity contribution is 5.23. The van der Waals surface area contributed by atoms with E-state index in [-0.39, 0.29) is 12.0 Å². The van der Waals surface area contributed by atoms with Gasteiger partial charge in [-0.2, -0.15) is 14.6 Å². The van der Waals surface area contributed by atoms with Gasteiger partial charge in [-0.1, -0.05) is 0 Å². The molecule has 0 fully saturated rings. The SMILES string of the molecule is N#CCc1cc(F)nc(OC(F)(F)F)c1. The van der Waals surface area contributed by atoms with Crippen LogP contribution < -0.4 is 4.74 Å². The molecule has 1 aromatic rings. The number of aromatic nitrogens is 1. The van der Waals surface area contributed by atoms with Crippen LogP contribution in [0.2, 0.25) is 0 Å². The second-order valence-electron chi connectivity index (χ2n) is 2.52. The number of pyridine rings is 1. The minimum absolute atomic E-state index is 0.0734. The molecular weight excluding hydrogens is 216 g/mol. The molecule has 0 saturated heterocycles. The highest BCUT2D eigenvalue weighted by atomic mass is 19.4. The number of halogens is 4. The highest BCUT2D eigenvalue weighted by Crippen LogP contribution is 2.22. The van der Waals surface area contributed by atoms with Crippen LogP contribution in [-0.2, 0) is 6.42 Å². The maximum Gasteiger partial charge on any atom is 0.574 e. The summed E-state index contributed by atoms with van der Waals surface area (Å²) in [6, 6.07) is 3.40. The molecule has 0 amide bonds. The Morgan fingerprint density at radius 3 is 2.60 bits per heavy atom. The average molecular weight is 220 g/mol. The van der Waals surface area contributed by atoms with Gasteiger partial charge in [0.2, 0.25) is 11.8 Å². The largest absolute Gasteiger partial charge is 0.574 e. The third-order valence-electron chi connectivity index (χ3n) is 1.33. The summed E-state index contributed by atoms with van der Waals surface area (Å²) in [5, 5.41) is 8.28. The fraction of sp³-hybridized carbons (Fsp3) is 0.250. The van der Waals surface area contributed by atoms with Crippen molar-refractivity contribution >= 4 is 0 Å². The van der Waals surface area contributed by atoms with E-state index in [1.165, 1.54) is 0 Å². The third kappa shape index (κ3) is 3.81. The predicted molar refractivity (Wildman–Crippen MR) is 40.2 cm³/mol. The summed E-state index contributed by atoms with van der Waals surface area (Å²) < 4.78 is 51.3. The minimum Gasteiger partial charge on any atom is -0.388 e. The van der Waals surface area contributed by atoms with Crippen molar-refractivity contribution < 1.29 is 22.3 Å². The molecule has 0 unspecified atom stereocenters. The molecule has 0 saturated carbocycles. The molecule has 1 heterocycles. The van der Waals surface area contributed by atoms with Crippen LogP contribution in [0.15, 0.2) is 12.1 Å². The average Bonchev–Trinajstić information content (AvgIpc) is 1.99. The zero-order valence-electron chi connectivity index (χ0n) is 7.18. The summed E-state index contributed by atoms with van der Waals surface area (Å²) in [6.07, 6.45) is -5.14. The summed E-state index contributed by atoms with van der Waals surface area (Å²) in [4.78, 5) is 2.88. The molecule has 0 spiro atoms. The molecule has 0 atom stereocenters. The summed E-state index contributed by atoms with van der Waals surface area (Å²) in [5.41, 5.74) is 0.0734. The fourth-order valence-electron chi connectivity index (χ4n) is 0.887. The lowest BCUT2D eigenvalue weighted by atomic mass is 10.2. The fourth-order valence-corrected chi connectivity index (χ4v) is 0.887. The molecule has 1 aromatic heterocycles. The second kappa shape index (κ2) is 4.13. The Kier molecular flexibility index (Phi) is 3.09. The standard InChI is InChI=1S/C8H4F4N2O/c9-6-3-5(1-2-13)4-7(14-6)15-8(10,11)12/h3-4H,1H2. The lowest BCUT2D eigenvalue weighted by molar-refractivity contribution is -0.276. The molecule has 1 rings (SSSR count). The third-order valence-corrected chi connectivity index (χ3v) is 1.33. The first-order valence-electron chi connectivity index (χ1n) is 3.70. The van der Waals surface area contributed by atoms with E-state index < -0.39 is 18.2 Å². The second-order valence-corrected chi connectivity index (χ2v) is 2.52. The lowest BCUT2D eigenvalue weighted by Crippen LogP contribution is -2.18. The van der Waals surface area contributed by atoms with Crippen molar-refractivity contribution in [1.29, 1.82) is 5.26 Å². The van der Waals surface area contributed by atoms with Gasteiger partial charge in [0, 0.05) is 6.07 Å². The first kappa shape index (κ1) is 11.2. The molecule has 0 aliphatic rings. The van der Waals surface area contributed by atoms with Gasteiger partial charge in [0.25, 0.3) is 0 Å². The van der Waals surface area contributed by atoms with Crippen LogP contribution in [0, 0.1) is 17.3 Å². The zero-order valence-corrected chi connectivity index (χ0v) is 7.18. The van der Waals surface area contributed by atoms with E-state index in [1.807, 2.05) is 0 Å². The van der Waals surface area contributed by atoms with Crippen molar-refractivity contribution in [2.45, 2.75) is 12.8 Å². The van der Waals surface area contributed by atoms with Crippen molar-refractivity contribution in [2.24, 2.45) is 0 Å². The summed E-state index contributed by atoms with van der Waals surface area (Å²) in [6.45, 7) is 0. The normalized spacial score (nSPS) is 10.9. The molecule has 0 aromatic carbocycles. The Balaban J connectivity index is 2.95. The van der Waals surface area contributed by atoms with Gasteiger partial charge >= 0.3 is 6.36 Å². The summed E-state index contributed by atoms with van der Waals surface area (Å²) in [5.74, 6) is -2.03. The van der Waals surface area contributed by atoms with Gasteiger partial charge < -0.3 is 4.74 Å². The van der Waals surface area contributed by atoms with Crippen LogP contribution >= 0.6 is 0 Å². The van der Waals surface area contributed by atoms with E-state index in [0.29, 0.717) is 0 Å². The van der Waals surface area contributed by atoms with E-state index in [2.05, 4.69) is 9.72 Å². The van der Waals surface area contributed by atoms with Gasteiger partial charge in [-0.3, -0.25) is 0 Å². The topological polar surface area (TPSA) is 45.9 Å². The maximum atomic E-state index is 12.7. The van der Waals surface area contributed by atoms with E-state index in [4.69, 9.17) is 5.26 Å². The summed E-state index contributed by atoms with van der Waals surface area (Å²) in [7, 11) is 0. The van der Waals surface area contributed by atoms with Gasteiger partial charge in [-0.05, 0) is 11.6 Å². The first-order valence-corrected chi connectivity index (χ1v) is 3.70. The number of hydrogen-bond donors (Lipinski definition) is 0. The minimum atomic E-state index is -4.93. The van der Waals surface area contributed by atoms with Crippen LogP contribution in [0.5, 0.6) is 5.88 Å². The first-order chi connectivity index (χ1) is 6.90. The Labute approximate surface area is 81.9 Å². The van der Waals surface area contributed by atoms with Crippen molar-refractivity contribution in [3.63, 3.8) is 0 Å². The zero-order chi connectivity index (χ0) is 11.5. The molecular formula is C8H4F4N2O. The van der Waals surface area contributed by atoms with E-state index in [0.717, 1.165) is 12.1 Å². The number of nitrogens with zero attached hydrogens (tertiary/aromatic N) is 2. The van der Waals surface area contributed by atoms with Crippen molar-refractivity contribution in [2.75, 3.05) is 0 Å². The van der Waals surface area contributed by atoms with E-state index >= 15 is 0 Å². The number of ether oxygens (including phenoxy) is 1. The van der Waals surface area contributed by atoms with Crippen LogP contribution in [0.25, 0.3) is 0 Å². The molecule has 80 valence electrons. The molecule has 15 heavy (non-hydrogen) atoms. The Morgan fingerprint density at radius 1 is 1.40 bits per heavy atom. The van der Waals surface area contributed by atoms with Crippen LogP contribution in [0.4, 0.5) is 17.6 Å². The van der Waals surface area contributed by atoms with Crippen LogP contribution in [0.3, 0.4) is 0 Å². The predicted octanol–water partition coefficient (Wildman–Crippen LogP) is 2.19. The summed E-state index contributed by atoms with van der Waals surface area (Å²) >= 11 is 0. The monoisotopic (exact) mass is 220 g/mol. The number of nitriles is 1. The van der Waals surface area contributed by atoms with Crippen molar-refractivity contribution in [3.8, 4) is 11.9 Å². The number of alkyl halides is 3. The number of rotatable bonds is 2. The quantitative estimate of drug-likeness (QED) is 0.566. The van der Waals surface area contributed by atoms with Gasteiger partial charge in [-0.25, -0.2) is 0 Å². The molecule has 0 aliphatic heterocycles. The van der Waals surface area contributed by atoms with E-state index in [9.17, 15) is 17.6 Å². The molecule has 0 radical (unpaired) electrons. The molecule has 3 nitrogen and oxygen atoms in total. The van der Waals surface area contributed by atoms with E-state index in [1.54, 1.807) is 6.07 Å². The van der Waals surface area contributed by atoms with Crippen molar-refractivity contribution in [3.05, 3.63) is 23.6 Å². The maximum absolute atomic E-state index is 12.7. The highest BCUT2D eigenvalue weighted by Gasteiger charge is 2.32.